The van der Waals surface area contributed by atoms with E-state index in [1.54, 1.807) is 20.8 Å². The maximum absolute atomic E-state index is 13.3. The van der Waals surface area contributed by atoms with Crippen molar-refractivity contribution >= 4 is 33.9 Å². The average Bonchev–Trinajstić information content (AvgIpc) is 3.65. The van der Waals surface area contributed by atoms with Crippen LogP contribution in [-0.2, 0) is 29.3 Å². The van der Waals surface area contributed by atoms with Crippen molar-refractivity contribution in [3.63, 3.8) is 0 Å². The Labute approximate surface area is 245 Å². The second-order valence-electron chi connectivity index (χ2n) is 12.7. The fourth-order valence-electron chi connectivity index (χ4n) is 5.14. The molecule has 2 aliphatic rings. The first kappa shape index (κ1) is 34.7. The van der Waals surface area contributed by atoms with Crippen LogP contribution in [0.2, 0.25) is 0 Å². The van der Waals surface area contributed by atoms with Crippen LogP contribution in [0, 0.1) is 23.7 Å². The number of unbranched alkanes of at least 4 members (excludes halogenated alkanes) is 3. The Morgan fingerprint density at radius 1 is 1.05 bits per heavy atom. The molecule has 0 aromatic rings. The number of nitrogens with two attached hydrogens (primary N) is 1. The molecule has 2 fully saturated rings. The molecule has 5 atom stereocenters. The van der Waals surface area contributed by atoms with Crippen LogP contribution in [0.15, 0.2) is 12.2 Å². The lowest BCUT2D eigenvalue weighted by Crippen LogP contribution is -2.44. The van der Waals surface area contributed by atoms with E-state index in [0.29, 0.717) is 25.7 Å². The molecule has 2 saturated carbocycles. The fraction of sp³-hybridized carbons (Fsp3) is 0.793. The van der Waals surface area contributed by atoms with Gasteiger partial charge in [0.25, 0.3) is 0 Å². The molecular formula is C29H50N4O7S. The minimum absolute atomic E-state index is 0.00684. The van der Waals surface area contributed by atoms with E-state index < -0.39 is 33.9 Å². The van der Waals surface area contributed by atoms with Gasteiger partial charge in [0.15, 0.2) is 5.78 Å². The SMILES string of the molecule is CN(C)S(=O)(=O)NC(=O)C1CC1C=CCCCCCC(NC(=O)OC(C)(C)C)C(=O)CC1CCCC(C(N)=O)CC1. The highest BCUT2D eigenvalue weighted by Gasteiger charge is 2.42. The second kappa shape index (κ2) is 15.7. The molecule has 2 aliphatic carbocycles. The zero-order chi connectivity index (χ0) is 30.8. The lowest BCUT2D eigenvalue weighted by atomic mass is 9.90. The van der Waals surface area contributed by atoms with Crippen LogP contribution in [0.5, 0.6) is 0 Å². The topological polar surface area (TPSA) is 165 Å². The molecule has 5 unspecified atom stereocenters. The number of primary amides is 1. The van der Waals surface area contributed by atoms with Crippen molar-refractivity contribution in [3.05, 3.63) is 12.2 Å². The Balaban J connectivity index is 1.78. The van der Waals surface area contributed by atoms with E-state index in [4.69, 9.17) is 10.5 Å². The third-order valence-corrected chi connectivity index (χ3v) is 9.11. The van der Waals surface area contributed by atoms with Crippen LogP contribution in [0.25, 0.3) is 0 Å². The summed E-state index contributed by atoms with van der Waals surface area (Å²) in [6, 6.07) is -0.625. The minimum Gasteiger partial charge on any atom is -0.444 e. The second-order valence-corrected chi connectivity index (χ2v) is 14.6. The Bertz CT molecular complexity index is 1050. The molecule has 12 heteroatoms. The van der Waals surface area contributed by atoms with Gasteiger partial charge < -0.3 is 15.8 Å². The first-order valence-corrected chi connectivity index (χ1v) is 16.3. The van der Waals surface area contributed by atoms with Gasteiger partial charge in [0.2, 0.25) is 11.8 Å². The number of hydrogen-bond donors (Lipinski definition) is 3. The van der Waals surface area contributed by atoms with E-state index in [0.717, 1.165) is 55.7 Å². The van der Waals surface area contributed by atoms with Crippen molar-refractivity contribution in [1.29, 1.82) is 0 Å². The molecule has 0 saturated heterocycles. The van der Waals surface area contributed by atoms with E-state index in [1.165, 1.54) is 14.1 Å². The number of carbonyl (C=O) groups is 4. The summed E-state index contributed by atoms with van der Waals surface area (Å²) >= 11 is 0. The van der Waals surface area contributed by atoms with Crippen LogP contribution in [-0.4, -0.2) is 62.2 Å². The molecule has 0 spiro atoms. The van der Waals surface area contributed by atoms with Crippen LogP contribution in [0.1, 0.15) is 97.8 Å². The summed E-state index contributed by atoms with van der Waals surface area (Å²) < 4.78 is 32.1. The first-order valence-electron chi connectivity index (χ1n) is 14.8. The molecule has 11 nitrogen and oxygen atoms in total. The molecule has 0 heterocycles. The summed E-state index contributed by atoms with van der Waals surface area (Å²) in [6.07, 6.45) is 12.2. The molecular weight excluding hydrogens is 548 g/mol. The van der Waals surface area contributed by atoms with Crippen molar-refractivity contribution in [2.24, 2.45) is 29.4 Å². The van der Waals surface area contributed by atoms with E-state index in [-0.39, 0.29) is 35.4 Å². The monoisotopic (exact) mass is 598 g/mol. The molecule has 2 rings (SSSR count). The maximum Gasteiger partial charge on any atom is 0.408 e. The number of nitrogens with zero attached hydrogens (tertiary/aromatic N) is 1. The number of amides is 3. The number of Topliss-reactive ketones (excluding diaryl/α,β-unsaturated/α-hetero) is 1. The van der Waals surface area contributed by atoms with Crippen LogP contribution in [0.3, 0.4) is 0 Å². The molecule has 0 aromatic heterocycles. The summed E-state index contributed by atoms with van der Waals surface area (Å²) in [5.74, 6) is -0.963. The van der Waals surface area contributed by atoms with Crippen molar-refractivity contribution in [1.82, 2.24) is 14.3 Å². The third-order valence-electron chi connectivity index (χ3n) is 7.69. The van der Waals surface area contributed by atoms with Crippen LogP contribution >= 0.6 is 0 Å². The van der Waals surface area contributed by atoms with Gasteiger partial charge in [0.05, 0.1) is 6.04 Å². The molecule has 3 amide bonds. The van der Waals surface area contributed by atoms with Gasteiger partial charge in [-0.25, -0.2) is 9.52 Å². The third kappa shape index (κ3) is 12.9. The lowest BCUT2D eigenvalue weighted by Gasteiger charge is -2.24. The van der Waals surface area contributed by atoms with Gasteiger partial charge in [0, 0.05) is 32.4 Å². The zero-order valence-electron chi connectivity index (χ0n) is 25.3. The summed E-state index contributed by atoms with van der Waals surface area (Å²) in [5.41, 5.74) is 4.82. The summed E-state index contributed by atoms with van der Waals surface area (Å²) in [5, 5.41) is 2.79. The van der Waals surface area contributed by atoms with Gasteiger partial charge in [-0.05, 0) is 84.0 Å². The standard InChI is InChI=1S/C29H50N4O7S/c1-29(2,3)40-28(37)31-24(25(34)18-20-12-11-14-21(17-16-20)26(30)35)15-10-8-6-7-9-13-22-19-23(22)27(36)32-41(38,39)33(4)5/h9,13,20-24H,6-8,10-12,14-19H2,1-5H3,(H2,30,35)(H,31,37)(H,32,36). The number of rotatable bonds is 15. The van der Waals surface area contributed by atoms with Crippen molar-refractivity contribution in [2.75, 3.05) is 14.1 Å². The number of carbonyl (C=O) groups excluding carboxylic acids is 4. The van der Waals surface area contributed by atoms with Crippen molar-refractivity contribution in [2.45, 2.75) is 109 Å². The van der Waals surface area contributed by atoms with Crippen LogP contribution < -0.4 is 15.8 Å². The quantitative estimate of drug-likeness (QED) is 0.147. The van der Waals surface area contributed by atoms with E-state index in [2.05, 4.69) is 10.0 Å². The largest absolute Gasteiger partial charge is 0.444 e. The van der Waals surface area contributed by atoms with Gasteiger partial charge in [-0.1, -0.05) is 31.4 Å². The van der Waals surface area contributed by atoms with Crippen molar-refractivity contribution < 1.29 is 32.3 Å². The zero-order valence-corrected chi connectivity index (χ0v) is 26.1. The predicted octanol–water partition coefficient (Wildman–Crippen LogP) is 3.59. The van der Waals surface area contributed by atoms with Gasteiger partial charge in [-0.15, -0.1) is 0 Å². The molecule has 0 radical (unpaired) electrons. The average molecular weight is 599 g/mol. The normalized spacial score (nSPS) is 24.0. The lowest BCUT2D eigenvalue weighted by molar-refractivity contribution is -0.122. The Morgan fingerprint density at radius 3 is 2.39 bits per heavy atom. The molecule has 41 heavy (non-hydrogen) atoms. The minimum atomic E-state index is -3.77. The smallest absolute Gasteiger partial charge is 0.408 e. The Kier molecular flexibility index (Phi) is 13.3. The first-order chi connectivity index (χ1) is 19.1. The van der Waals surface area contributed by atoms with Gasteiger partial charge in [-0.3, -0.25) is 14.4 Å². The molecule has 0 bridgehead atoms. The van der Waals surface area contributed by atoms with Gasteiger partial charge in [-0.2, -0.15) is 12.7 Å². The molecule has 4 N–H and O–H groups in total. The number of ketones is 1. The summed E-state index contributed by atoms with van der Waals surface area (Å²) in [6.45, 7) is 5.33. The van der Waals surface area contributed by atoms with E-state index >= 15 is 0 Å². The highest BCUT2D eigenvalue weighted by Crippen LogP contribution is 2.40. The molecule has 0 aromatic carbocycles. The number of alkyl carbamates (subject to hydrolysis) is 1. The number of ether oxygens (including phenoxy) is 1. The predicted molar refractivity (Wildman–Crippen MR) is 157 cm³/mol. The highest BCUT2D eigenvalue weighted by molar-refractivity contribution is 7.87. The number of hydrogen-bond acceptors (Lipinski definition) is 7. The molecule has 234 valence electrons. The molecule has 0 aliphatic heterocycles. The summed E-state index contributed by atoms with van der Waals surface area (Å²) in [4.78, 5) is 49.4. The van der Waals surface area contributed by atoms with Gasteiger partial charge >= 0.3 is 16.3 Å². The van der Waals surface area contributed by atoms with Crippen LogP contribution in [0.4, 0.5) is 4.79 Å². The van der Waals surface area contributed by atoms with E-state index in [9.17, 15) is 27.6 Å². The van der Waals surface area contributed by atoms with E-state index in [1.807, 2.05) is 12.2 Å². The number of nitrogens with one attached hydrogen (secondary N) is 2. The number of allylic oxidation sites excluding steroid dienone is 2. The van der Waals surface area contributed by atoms with Crippen molar-refractivity contribution in [3.8, 4) is 0 Å². The fourth-order valence-corrected chi connectivity index (χ4v) is 5.73. The van der Waals surface area contributed by atoms with Gasteiger partial charge in [0.1, 0.15) is 5.60 Å². The maximum atomic E-state index is 13.3. The Hall–Kier alpha value is -2.47. The summed E-state index contributed by atoms with van der Waals surface area (Å²) in [7, 11) is -1.04. The Morgan fingerprint density at radius 2 is 1.76 bits per heavy atom. The highest BCUT2D eigenvalue weighted by atomic mass is 32.2.